The van der Waals surface area contributed by atoms with Crippen molar-refractivity contribution >= 4 is 40.7 Å². The van der Waals surface area contributed by atoms with Crippen LogP contribution in [0.15, 0.2) is 42.7 Å². The maximum absolute atomic E-state index is 12.1. The van der Waals surface area contributed by atoms with E-state index in [0.717, 1.165) is 5.56 Å². The molecule has 0 fully saturated rings. The fraction of sp³-hybridized carbons (Fsp3) is 0.188. The highest BCUT2D eigenvalue weighted by atomic mass is 35.5. The van der Waals surface area contributed by atoms with E-state index in [2.05, 4.69) is 10.3 Å². The Hall–Kier alpha value is -2.11. The fourth-order valence-corrected chi connectivity index (χ4v) is 2.40. The van der Waals surface area contributed by atoms with E-state index in [1.165, 1.54) is 17.9 Å². The quantitative estimate of drug-likeness (QED) is 0.897. The molecule has 1 aromatic carbocycles. The molecule has 2 rings (SSSR count). The molecule has 1 N–H and O–H groups in total. The normalized spacial score (nSPS) is 10.2. The average molecular weight is 352 g/mol. The van der Waals surface area contributed by atoms with Crippen molar-refractivity contribution in [2.45, 2.75) is 13.5 Å². The topological polar surface area (TPSA) is 62.3 Å². The summed E-state index contributed by atoms with van der Waals surface area (Å²) < 4.78 is 0. The van der Waals surface area contributed by atoms with Gasteiger partial charge in [-0.2, -0.15) is 0 Å². The van der Waals surface area contributed by atoms with E-state index in [1.54, 1.807) is 30.6 Å². The van der Waals surface area contributed by atoms with Crippen LogP contribution in [0.4, 0.5) is 5.69 Å². The van der Waals surface area contributed by atoms with Gasteiger partial charge in [-0.1, -0.05) is 29.3 Å². The number of hydrogen-bond donors (Lipinski definition) is 1. The lowest BCUT2D eigenvalue weighted by molar-refractivity contribution is -0.133. The Morgan fingerprint density at radius 1 is 1.26 bits per heavy atom. The molecule has 0 unspecified atom stereocenters. The minimum atomic E-state index is -0.340. The van der Waals surface area contributed by atoms with E-state index in [-0.39, 0.29) is 18.4 Å². The Morgan fingerprint density at radius 3 is 2.65 bits per heavy atom. The van der Waals surface area contributed by atoms with Crippen LogP contribution in [0.5, 0.6) is 0 Å². The highest BCUT2D eigenvalue weighted by molar-refractivity contribution is 6.36. The highest BCUT2D eigenvalue weighted by Gasteiger charge is 2.15. The van der Waals surface area contributed by atoms with Gasteiger partial charge in [0.25, 0.3) is 0 Å². The number of rotatable bonds is 5. The molecule has 2 amide bonds. The number of nitrogens with one attached hydrogen (secondary N) is 1. The van der Waals surface area contributed by atoms with Crippen LogP contribution in [-0.2, 0) is 16.1 Å². The van der Waals surface area contributed by atoms with E-state index in [9.17, 15) is 9.59 Å². The zero-order valence-electron chi connectivity index (χ0n) is 12.4. The summed E-state index contributed by atoms with van der Waals surface area (Å²) in [7, 11) is 0. The number of carbonyl (C=O) groups excluding carboxylic acids is 2. The smallest absolute Gasteiger partial charge is 0.244 e. The molecule has 0 aliphatic heterocycles. The molecule has 5 nitrogen and oxygen atoms in total. The second-order valence-corrected chi connectivity index (χ2v) is 5.75. The molecular formula is C16H15Cl2N3O2. The van der Waals surface area contributed by atoms with Gasteiger partial charge in [0, 0.05) is 30.9 Å². The van der Waals surface area contributed by atoms with Crippen LogP contribution in [0, 0.1) is 0 Å². The summed E-state index contributed by atoms with van der Waals surface area (Å²) in [6.45, 7) is 1.65. The molecule has 0 saturated heterocycles. The molecule has 0 aliphatic carbocycles. The van der Waals surface area contributed by atoms with Gasteiger partial charge in [-0.3, -0.25) is 14.6 Å². The lowest BCUT2D eigenvalue weighted by atomic mass is 10.2. The minimum absolute atomic E-state index is 0.0802. The van der Waals surface area contributed by atoms with Gasteiger partial charge in [-0.05, 0) is 29.8 Å². The van der Waals surface area contributed by atoms with Crippen molar-refractivity contribution in [2.24, 2.45) is 0 Å². The molecule has 23 heavy (non-hydrogen) atoms. The first-order valence-electron chi connectivity index (χ1n) is 6.85. The molecule has 1 aromatic heterocycles. The molecule has 2 aromatic rings. The van der Waals surface area contributed by atoms with Crippen LogP contribution in [0.3, 0.4) is 0 Å². The largest absolute Gasteiger partial charge is 0.329 e. The third-order valence-electron chi connectivity index (χ3n) is 3.08. The first kappa shape index (κ1) is 17.2. The Morgan fingerprint density at radius 2 is 2.04 bits per heavy atom. The summed E-state index contributed by atoms with van der Waals surface area (Å²) >= 11 is 11.8. The maximum atomic E-state index is 12.1. The van der Waals surface area contributed by atoms with Crippen LogP contribution in [-0.4, -0.2) is 28.2 Å². The average Bonchev–Trinajstić information content (AvgIpc) is 2.50. The third-order valence-corrected chi connectivity index (χ3v) is 3.63. The molecule has 1 heterocycles. The summed E-state index contributed by atoms with van der Waals surface area (Å²) in [4.78, 5) is 29.3. The van der Waals surface area contributed by atoms with Gasteiger partial charge >= 0.3 is 0 Å². The lowest BCUT2D eigenvalue weighted by Gasteiger charge is -2.20. The number of benzene rings is 1. The molecule has 0 bridgehead atoms. The van der Waals surface area contributed by atoms with Crippen LogP contribution in [0.1, 0.15) is 12.5 Å². The van der Waals surface area contributed by atoms with Gasteiger partial charge in [0.05, 0.1) is 10.7 Å². The van der Waals surface area contributed by atoms with Gasteiger partial charge < -0.3 is 10.2 Å². The van der Waals surface area contributed by atoms with Crippen LogP contribution >= 0.6 is 23.2 Å². The van der Waals surface area contributed by atoms with Gasteiger partial charge in [0.15, 0.2) is 0 Å². The number of anilines is 1. The van der Waals surface area contributed by atoms with E-state index < -0.39 is 0 Å². The van der Waals surface area contributed by atoms with Crippen molar-refractivity contribution in [3.63, 3.8) is 0 Å². The van der Waals surface area contributed by atoms with Gasteiger partial charge in [-0.25, -0.2) is 0 Å². The Labute approximate surface area is 144 Å². The van der Waals surface area contributed by atoms with Crippen molar-refractivity contribution in [3.05, 3.63) is 58.3 Å². The highest BCUT2D eigenvalue weighted by Crippen LogP contribution is 2.25. The maximum Gasteiger partial charge on any atom is 0.244 e. The van der Waals surface area contributed by atoms with Crippen LogP contribution < -0.4 is 5.32 Å². The number of pyridine rings is 1. The number of aromatic nitrogens is 1. The van der Waals surface area contributed by atoms with Crippen molar-refractivity contribution < 1.29 is 9.59 Å². The summed E-state index contributed by atoms with van der Waals surface area (Å²) in [5.74, 6) is -0.542. The van der Waals surface area contributed by atoms with Crippen LogP contribution in [0.25, 0.3) is 0 Å². The minimum Gasteiger partial charge on any atom is -0.329 e. The van der Waals surface area contributed by atoms with E-state index in [4.69, 9.17) is 23.2 Å². The van der Waals surface area contributed by atoms with Crippen LogP contribution in [0.2, 0.25) is 10.0 Å². The second-order valence-electron chi connectivity index (χ2n) is 4.91. The van der Waals surface area contributed by atoms with E-state index in [0.29, 0.717) is 22.3 Å². The molecular weight excluding hydrogens is 337 g/mol. The molecule has 120 valence electrons. The van der Waals surface area contributed by atoms with E-state index >= 15 is 0 Å². The monoisotopic (exact) mass is 351 g/mol. The first-order chi connectivity index (χ1) is 11.0. The fourth-order valence-electron chi connectivity index (χ4n) is 1.94. The standard InChI is InChI=1S/C16H15Cl2N3O2/c1-11(22)21(9-12-3-2-6-19-8-12)10-16(23)20-15-5-4-13(17)7-14(15)18/h2-8H,9-10H2,1H3,(H,20,23). The zero-order chi connectivity index (χ0) is 16.8. The van der Waals surface area contributed by atoms with Crippen molar-refractivity contribution in [1.82, 2.24) is 9.88 Å². The van der Waals surface area contributed by atoms with E-state index in [1.807, 2.05) is 6.07 Å². The molecule has 0 radical (unpaired) electrons. The predicted octanol–water partition coefficient (Wildman–Crippen LogP) is 3.38. The lowest BCUT2D eigenvalue weighted by Crippen LogP contribution is -2.36. The summed E-state index contributed by atoms with van der Waals surface area (Å²) in [5.41, 5.74) is 1.30. The molecule has 0 aliphatic rings. The van der Waals surface area contributed by atoms with Crippen molar-refractivity contribution in [2.75, 3.05) is 11.9 Å². The van der Waals surface area contributed by atoms with Crippen molar-refractivity contribution in [3.8, 4) is 0 Å². The Bertz CT molecular complexity index is 708. The van der Waals surface area contributed by atoms with Gasteiger partial charge in [0.1, 0.15) is 6.54 Å². The number of halogens is 2. The zero-order valence-corrected chi connectivity index (χ0v) is 13.9. The Balaban J connectivity index is 2.02. The molecule has 7 heteroatoms. The van der Waals surface area contributed by atoms with Gasteiger partial charge in [0.2, 0.25) is 11.8 Å². The third kappa shape index (κ3) is 5.23. The van der Waals surface area contributed by atoms with Gasteiger partial charge in [-0.15, -0.1) is 0 Å². The summed E-state index contributed by atoms with van der Waals surface area (Å²) in [6, 6.07) is 8.40. The Kier molecular flexibility index (Phi) is 5.96. The summed E-state index contributed by atoms with van der Waals surface area (Å²) in [6.07, 6.45) is 3.31. The molecule has 0 saturated carbocycles. The SMILES string of the molecule is CC(=O)N(CC(=O)Nc1ccc(Cl)cc1Cl)Cc1cccnc1. The number of nitrogens with zero attached hydrogens (tertiary/aromatic N) is 2. The predicted molar refractivity (Wildman–Crippen MR) is 90.4 cm³/mol. The molecule has 0 spiro atoms. The number of hydrogen-bond acceptors (Lipinski definition) is 3. The van der Waals surface area contributed by atoms with Crippen molar-refractivity contribution in [1.29, 1.82) is 0 Å². The molecule has 0 atom stereocenters. The first-order valence-corrected chi connectivity index (χ1v) is 7.60. The number of amides is 2. The second kappa shape index (κ2) is 7.94. The number of carbonyl (C=O) groups is 2. The summed E-state index contributed by atoms with van der Waals surface area (Å²) in [5, 5.41) is 3.49.